The van der Waals surface area contributed by atoms with Crippen molar-refractivity contribution >= 4 is 30.4 Å². The second kappa shape index (κ2) is 5.54. The van der Waals surface area contributed by atoms with Crippen molar-refractivity contribution in [3.05, 3.63) is 23.3 Å². The van der Waals surface area contributed by atoms with Gasteiger partial charge in [0.05, 0.1) is 18.2 Å². The SMILES string of the molecule is COC(=O)c1cc(S)c(C#N)cc1SC(F)(F)F. The lowest BCUT2D eigenvalue weighted by Crippen LogP contribution is -2.07. The predicted octanol–water partition coefficient (Wildman–Crippen LogP) is 3.25. The molecule has 0 spiro atoms. The van der Waals surface area contributed by atoms with Gasteiger partial charge in [0.25, 0.3) is 0 Å². The highest BCUT2D eigenvalue weighted by Crippen LogP contribution is 2.40. The molecule has 0 radical (unpaired) electrons. The van der Waals surface area contributed by atoms with Gasteiger partial charge < -0.3 is 4.74 Å². The zero-order valence-corrected chi connectivity index (χ0v) is 10.6. The van der Waals surface area contributed by atoms with Crippen molar-refractivity contribution < 1.29 is 22.7 Å². The van der Waals surface area contributed by atoms with Gasteiger partial charge in [0.1, 0.15) is 6.07 Å². The molecule has 0 saturated heterocycles. The largest absolute Gasteiger partial charge is 0.465 e. The first kappa shape index (κ1) is 14.7. The molecule has 0 aromatic heterocycles. The first-order valence-electron chi connectivity index (χ1n) is 4.39. The van der Waals surface area contributed by atoms with Crippen LogP contribution in [0.4, 0.5) is 13.2 Å². The molecule has 0 aliphatic rings. The second-order valence-electron chi connectivity index (χ2n) is 3.02. The maximum absolute atomic E-state index is 12.3. The smallest absolute Gasteiger partial charge is 0.446 e. The Balaban J connectivity index is 3.36. The minimum absolute atomic E-state index is 0.0438. The van der Waals surface area contributed by atoms with Crippen LogP contribution in [0.2, 0.25) is 0 Å². The molecular weight excluding hydrogens is 287 g/mol. The van der Waals surface area contributed by atoms with E-state index >= 15 is 0 Å². The summed E-state index contributed by atoms with van der Waals surface area (Å²) in [4.78, 5) is 11.1. The number of hydrogen-bond donors (Lipinski definition) is 1. The summed E-state index contributed by atoms with van der Waals surface area (Å²) in [7, 11) is 1.06. The van der Waals surface area contributed by atoms with Crippen molar-refractivity contribution in [1.82, 2.24) is 0 Å². The maximum atomic E-state index is 12.3. The Morgan fingerprint density at radius 1 is 1.50 bits per heavy atom. The molecule has 0 atom stereocenters. The van der Waals surface area contributed by atoms with E-state index in [1.165, 1.54) is 0 Å². The van der Waals surface area contributed by atoms with E-state index < -0.39 is 23.2 Å². The van der Waals surface area contributed by atoms with Gasteiger partial charge in [0, 0.05) is 9.79 Å². The third-order valence-corrected chi connectivity index (χ3v) is 3.01. The molecule has 0 heterocycles. The third kappa shape index (κ3) is 3.58. The fraction of sp³-hybridized carbons (Fsp3) is 0.200. The third-order valence-electron chi connectivity index (χ3n) is 1.85. The molecule has 0 bridgehead atoms. The van der Waals surface area contributed by atoms with E-state index in [4.69, 9.17) is 5.26 Å². The molecule has 18 heavy (non-hydrogen) atoms. The van der Waals surface area contributed by atoms with Crippen molar-refractivity contribution in [3.8, 4) is 6.07 Å². The molecule has 96 valence electrons. The number of carbonyl (C=O) groups excluding carboxylic acids is 1. The number of thioether (sulfide) groups is 1. The van der Waals surface area contributed by atoms with Gasteiger partial charge >= 0.3 is 11.5 Å². The summed E-state index contributed by atoms with van der Waals surface area (Å²) in [6.07, 6.45) is 0. The zero-order chi connectivity index (χ0) is 13.9. The summed E-state index contributed by atoms with van der Waals surface area (Å²) in [5.74, 6) is -0.915. The number of carbonyl (C=O) groups is 1. The van der Waals surface area contributed by atoms with Crippen LogP contribution >= 0.6 is 24.4 Å². The highest BCUT2D eigenvalue weighted by Gasteiger charge is 2.32. The molecule has 0 aliphatic heterocycles. The maximum Gasteiger partial charge on any atom is 0.446 e. The second-order valence-corrected chi connectivity index (χ2v) is 4.61. The van der Waals surface area contributed by atoms with Crippen molar-refractivity contribution in [3.63, 3.8) is 0 Å². The average molecular weight is 293 g/mol. The average Bonchev–Trinajstić information content (AvgIpc) is 2.28. The molecule has 0 amide bonds. The van der Waals surface area contributed by atoms with Gasteiger partial charge in [-0.3, -0.25) is 0 Å². The van der Waals surface area contributed by atoms with Gasteiger partial charge in [-0.2, -0.15) is 18.4 Å². The van der Waals surface area contributed by atoms with Crippen molar-refractivity contribution in [2.24, 2.45) is 0 Å². The minimum atomic E-state index is -4.56. The molecule has 1 aromatic carbocycles. The molecule has 0 N–H and O–H groups in total. The molecule has 0 fully saturated rings. The number of esters is 1. The molecule has 0 aliphatic carbocycles. The van der Waals surface area contributed by atoms with E-state index in [1.807, 2.05) is 0 Å². The van der Waals surface area contributed by atoms with E-state index in [0.29, 0.717) is 0 Å². The summed E-state index contributed by atoms with van der Waals surface area (Å²) >= 11 is 3.44. The monoisotopic (exact) mass is 293 g/mol. The summed E-state index contributed by atoms with van der Waals surface area (Å²) in [5, 5.41) is 8.72. The number of nitrogens with zero attached hydrogens (tertiary/aromatic N) is 1. The quantitative estimate of drug-likeness (QED) is 0.516. The molecule has 1 aromatic rings. The Labute approximate surface area is 110 Å². The first-order chi connectivity index (χ1) is 8.28. The van der Waals surface area contributed by atoms with E-state index in [0.717, 1.165) is 19.2 Å². The molecule has 0 saturated carbocycles. The van der Waals surface area contributed by atoms with Crippen LogP contribution in [0.15, 0.2) is 21.9 Å². The summed E-state index contributed by atoms with van der Waals surface area (Å²) in [6.45, 7) is 0. The lowest BCUT2D eigenvalue weighted by molar-refractivity contribution is -0.0328. The lowest BCUT2D eigenvalue weighted by atomic mass is 10.1. The Bertz CT molecular complexity index is 523. The van der Waals surface area contributed by atoms with Crippen LogP contribution in [0.3, 0.4) is 0 Å². The molecule has 1 rings (SSSR count). The fourth-order valence-corrected chi connectivity index (χ4v) is 2.06. The number of alkyl halides is 3. The number of rotatable bonds is 2. The van der Waals surface area contributed by atoms with Gasteiger partial charge in [0.15, 0.2) is 0 Å². The van der Waals surface area contributed by atoms with Crippen LogP contribution < -0.4 is 0 Å². The molecule has 0 unspecified atom stereocenters. The zero-order valence-electron chi connectivity index (χ0n) is 8.91. The molecule has 3 nitrogen and oxygen atoms in total. The van der Waals surface area contributed by atoms with Crippen LogP contribution in [-0.2, 0) is 4.74 Å². The Hall–Kier alpha value is -1.33. The van der Waals surface area contributed by atoms with E-state index in [-0.39, 0.29) is 20.9 Å². The number of halogens is 3. The predicted molar refractivity (Wildman–Crippen MR) is 61.7 cm³/mol. The number of hydrogen-bond acceptors (Lipinski definition) is 5. The number of ether oxygens (including phenoxy) is 1. The van der Waals surface area contributed by atoms with Gasteiger partial charge in [-0.15, -0.1) is 12.6 Å². The van der Waals surface area contributed by atoms with Crippen LogP contribution in [-0.4, -0.2) is 18.6 Å². The number of thiol groups is 1. The highest BCUT2D eigenvalue weighted by molar-refractivity contribution is 8.00. The number of benzene rings is 1. The standard InChI is InChI=1S/C10H6F3NO2S2/c1-16-9(15)6-3-7(17)5(4-14)2-8(6)18-10(11,12)13/h2-3,17H,1H3. The summed E-state index contributed by atoms with van der Waals surface area (Å²) in [6, 6.07) is 3.75. The van der Waals surface area contributed by atoms with Gasteiger partial charge in [-0.1, -0.05) is 0 Å². The minimum Gasteiger partial charge on any atom is -0.465 e. The first-order valence-corrected chi connectivity index (χ1v) is 5.66. The van der Waals surface area contributed by atoms with Gasteiger partial charge in [-0.05, 0) is 23.9 Å². The lowest BCUT2D eigenvalue weighted by Gasteiger charge is -2.11. The number of nitriles is 1. The van der Waals surface area contributed by atoms with Crippen molar-refractivity contribution in [1.29, 1.82) is 5.26 Å². The summed E-state index contributed by atoms with van der Waals surface area (Å²) < 4.78 is 41.4. The van der Waals surface area contributed by atoms with Crippen LogP contribution in [0.1, 0.15) is 15.9 Å². The Kier molecular flexibility index (Phi) is 4.53. The van der Waals surface area contributed by atoms with Crippen LogP contribution in [0, 0.1) is 11.3 Å². The van der Waals surface area contributed by atoms with Crippen LogP contribution in [0.25, 0.3) is 0 Å². The van der Waals surface area contributed by atoms with Crippen molar-refractivity contribution in [2.45, 2.75) is 15.3 Å². The summed E-state index contributed by atoms with van der Waals surface area (Å²) in [5.41, 5.74) is -4.88. The topological polar surface area (TPSA) is 50.1 Å². The molecule has 8 heteroatoms. The van der Waals surface area contributed by atoms with Crippen LogP contribution in [0.5, 0.6) is 0 Å². The highest BCUT2D eigenvalue weighted by atomic mass is 32.2. The normalized spacial score (nSPS) is 10.9. The van der Waals surface area contributed by atoms with Gasteiger partial charge in [-0.25, -0.2) is 4.79 Å². The Morgan fingerprint density at radius 3 is 2.56 bits per heavy atom. The molecular formula is C10H6F3NO2S2. The van der Waals surface area contributed by atoms with E-state index in [1.54, 1.807) is 6.07 Å². The van der Waals surface area contributed by atoms with Crippen molar-refractivity contribution in [2.75, 3.05) is 7.11 Å². The van der Waals surface area contributed by atoms with E-state index in [9.17, 15) is 18.0 Å². The van der Waals surface area contributed by atoms with E-state index in [2.05, 4.69) is 17.4 Å². The number of methoxy groups -OCH3 is 1. The van der Waals surface area contributed by atoms with Gasteiger partial charge in [0.2, 0.25) is 0 Å². The Morgan fingerprint density at radius 2 is 2.11 bits per heavy atom. The fourth-order valence-electron chi connectivity index (χ4n) is 1.14.